The second-order valence-electron chi connectivity index (χ2n) is 11.9. The maximum absolute atomic E-state index is 15.9. The zero-order chi connectivity index (χ0) is 35.9. The number of aromatic nitrogens is 3. The molecule has 0 aliphatic carbocycles. The summed E-state index contributed by atoms with van der Waals surface area (Å²) >= 11 is 0. The van der Waals surface area contributed by atoms with Crippen molar-refractivity contribution in [2.75, 3.05) is 36.8 Å². The molecule has 2 aliphatic rings. The molecule has 3 atom stereocenters. The number of aliphatic hydroxyl groups is 2. The fourth-order valence-electron chi connectivity index (χ4n) is 6.05. The molecule has 15 heteroatoms. The zero-order valence-corrected chi connectivity index (χ0v) is 28.2. The van der Waals surface area contributed by atoms with Crippen molar-refractivity contribution in [2.45, 2.75) is 98.5 Å². The second-order valence-corrected chi connectivity index (χ2v) is 11.9. The Bertz CT molecular complexity index is 1510. The number of rotatable bonds is 9. The van der Waals surface area contributed by atoms with E-state index in [1.54, 1.807) is 0 Å². The summed E-state index contributed by atoms with van der Waals surface area (Å²) in [4.78, 5) is 16.1. The minimum atomic E-state index is -5.04. The van der Waals surface area contributed by atoms with Crippen molar-refractivity contribution in [2.24, 2.45) is 5.92 Å². The summed E-state index contributed by atoms with van der Waals surface area (Å²) in [6, 6.07) is 0.677. The summed E-state index contributed by atoms with van der Waals surface area (Å²) in [5.41, 5.74) is 0.731. The molecule has 48 heavy (non-hydrogen) atoms. The van der Waals surface area contributed by atoms with E-state index in [2.05, 4.69) is 19.9 Å². The van der Waals surface area contributed by atoms with Crippen molar-refractivity contribution >= 4 is 22.4 Å². The lowest BCUT2D eigenvalue weighted by molar-refractivity contribution is -0.183. The van der Waals surface area contributed by atoms with Gasteiger partial charge in [-0.05, 0) is 56.7 Å². The van der Waals surface area contributed by atoms with Gasteiger partial charge in [0.15, 0.2) is 5.82 Å². The SMILES string of the molecule is CC.CCCN(CC(C)CC)c1nc(OC(O)O)nc2c(F)c(-c3cc(N)c(F)c(C)c3C(F)(F)F)ncc12.FC1CC2CCCN2C1. The smallest absolute Gasteiger partial charge is 0.408 e. The highest BCUT2D eigenvalue weighted by Crippen LogP contribution is 2.43. The van der Waals surface area contributed by atoms with Crippen LogP contribution in [0.25, 0.3) is 22.2 Å². The Labute approximate surface area is 277 Å². The first-order valence-corrected chi connectivity index (χ1v) is 16.3. The third kappa shape index (κ3) is 8.97. The van der Waals surface area contributed by atoms with Crippen molar-refractivity contribution in [3.63, 3.8) is 0 Å². The number of anilines is 2. The first kappa shape index (κ1) is 39.0. The number of nitrogens with zero attached hydrogens (tertiary/aromatic N) is 5. The Morgan fingerprint density at radius 3 is 2.42 bits per heavy atom. The van der Waals surface area contributed by atoms with E-state index in [-0.39, 0.29) is 17.1 Å². The summed E-state index contributed by atoms with van der Waals surface area (Å²) in [6.07, 6.45) is 0.392. The van der Waals surface area contributed by atoms with Crippen molar-refractivity contribution in [3.8, 4) is 17.3 Å². The predicted molar refractivity (Wildman–Crippen MR) is 173 cm³/mol. The van der Waals surface area contributed by atoms with Gasteiger partial charge in [0.05, 0.1) is 16.6 Å². The van der Waals surface area contributed by atoms with Crippen LogP contribution in [0.4, 0.5) is 37.8 Å². The van der Waals surface area contributed by atoms with E-state index in [0.29, 0.717) is 38.2 Å². The van der Waals surface area contributed by atoms with E-state index in [0.717, 1.165) is 32.5 Å². The molecule has 0 bridgehead atoms. The first-order valence-electron chi connectivity index (χ1n) is 16.3. The highest BCUT2D eigenvalue weighted by molar-refractivity contribution is 5.92. The number of fused-ring (bicyclic) bond motifs is 2. The van der Waals surface area contributed by atoms with Crippen LogP contribution in [0.1, 0.15) is 77.8 Å². The summed E-state index contributed by atoms with van der Waals surface area (Å²) in [5, 5.41) is 18.6. The van der Waals surface area contributed by atoms with Crippen LogP contribution >= 0.6 is 0 Å². The number of nitrogens with two attached hydrogens (primary N) is 1. The van der Waals surface area contributed by atoms with Gasteiger partial charge in [0.25, 0.3) is 0 Å². The monoisotopic (exact) mass is 688 g/mol. The number of hydrogen-bond acceptors (Lipinski definition) is 9. The molecule has 2 aromatic heterocycles. The second kappa shape index (κ2) is 16.8. The van der Waals surface area contributed by atoms with Crippen molar-refractivity contribution in [3.05, 3.63) is 35.0 Å². The molecule has 5 rings (SSSR count). The minimum Gasteiger partial charge on any atom is -0.408 e. The van der Waals surface area contributed by atoms with Crippen LogP contribution in [-0.4, -0.2) is 74.9 Å². The minimum absolute atomic E-state index is 0.0677. The first-order chi connectivity index (χ1) is 22.7. The van der Waals surface area contributed by atoms with E-state index >= 15 is 4.39 Å². The van der Waals surface area contributed by atoms with Crippen LogP contribution in [0.15, 0.2) is 12.3 Å². The fraction of sp³-hybridized carbons (Fsp3) is 0.606. The molecular formula is C33H46F6N6O3. The molecule has 2 saturated heterocycles. The molecule has 4 heterocycles. The highest BCUT2D eigenvalue weighted by atomic mass is 19.4. The predicted octanol–water partition coefficient (Wildman–Crippen LogP) is 7.01. The van der Waals surface area contributed by atoms with E-state index < -0.39 is 70.1 Å². The Morgan fingerprint density at radius 1 is 1.15 bits per heavy atom. The van der Waals surface area contributed by atoms with Gasteiger partial charge in [0.2, 0.25) is 0 Å². The summed E-state index contributed by atoms with van der Waals surface area (Å²) in [6.45, 7) is 11.3. The van der Waals surface area contributed by atoms with Gasteiger partial charge in [0, 0.05) is 37.4 Å². The lowest BCUT2D eigenvalue weighted by Crippen LogP contribution is -2.30. The number of ether oxygens (including phenoxy) is 1. The topological polar surface area (TPSA) is 121 Å². The quantitative estimate of drug-likeness (QED) is 0.124. The summed E-state index contributed by atoms with van der Waals surface area (Å²) in [7, 11) is 0. The molecule has 0 radical (unpaired) electrons. The maximum Gasteiger partial charge on any atom is 0.417 e. The molecule has 4 N–H and O–H groups in total. The Kier molecular flexibility index (Phi) is 13.6. The van der Waals surface area contributed by atoms with Crippen LogP contribution in [0, 0.1) is 24.5 Å². The average molecular weight is 689 g/mol. The summed E-state index contributed by atoms with van der Waals surface area (Å²) < 4.78 is 89.3. The van der Waals surface area contributed by atoms with Gasteiger partial charge >= 0.3 is 18.7 Å². The van der Waals surface area contributed by atoms with Crippen LogP contribution in [-0.2, 0) is 6.18 Å². The largest absolute Gasteiger partial charge is 0.417 e. The third-order valence-corrected chi connectivity index (χ3v) is 8.40. The van der Waals surface area contributed by atoms with Crippen molar-refractivity contribution in [1.82, 2.24) is 19.9 Å². The highest BCUT2D eigenvalue weighted by Gasteiger charge is 2.39. The van der Waals surface area contributed by atoms with Crippen LogP contribution in [0.3, 0.4) is 0 Å². The van der Waals surface area contributed by atoms with Gasteiger partial charge in [-0.15, -0.1) is 0 Å². The normalized spacial score (nSPS) is 18.2. The Balaban J connectivity index is 0.000000478. The van der Waals surface area contributed by atoms with Crippen molar-refractivity contribution < 1.29 is 41.3 Å². The molecule has 2 fully saturated rings. The van der Waals surface area contributed by atoms with Gasteiger partial charge in [-0.3, -0.25) is 9.88 Å². The van der Waals surface area contributed by atoms with Gasteiger partial charge in [-0.1, -0.05) is 41.0 Å². The lowest BCUT2D eigenvalue weighted by Gasteiger charge is -2.27. The molecule has 0 amide bonds. The fourth-order valence-corrected chi connectivity index (χ4v) is 6.05. The standard InChI is InChI=1S/C24H28F5N5O3.C7H12FN.C2H6/c1-5-7-34(10-11(3)6-2)21-14-9-31-19(18(26)20(14)32-22(33-21)37-23(35)36)13-8-15(30)17(25)12(4)16(13)24(27,28)29;8-6-4-7-2-1-3-9(7)5-6;1-2/h8-9,11,23,35-36H,5-7,10,30H2,1-4H3;6-7H,1-5H2;1-2H3. The molecule has 3 aromatic rings. The molecule has 3 unspecified atom stereocenters. The average Bonchev–Trinajstić information content (AvgIpc) is 3.61. The number of aliphatic hydroxyl groups excluding tert-OH is 1. The summed E-state index contributed by atoms with van der Waals surface area (Å²) in [5.74, 6) is -2.18. The van der Waals surface area contributed by atoms with Crippen LogP contribution in [0.2, 0.25) is 0 Å². The number of pyridine rings is 1. The number of halogens is 6. The number of benzene rings is 1. The number of alkyl halides is 4. The van der Waals surface area contributed by atoms with Crippen LogP contribution < -0.4 is 15.4 Å². The molecule has 9 nitrogen and oxygen atoms in total. The van der Waals surface area contributed by atoms with E-state index in [1.807, 2.05) is 39.5 Å². The molecular weight excluding hydrogens is 642 g/mol. The van der Waals surface area contributed by atoms with E-state index in [1.165, 1.54) is 12.8 Å². The number of hydrogen-bond donors (Lipinski definition) is 3. The molecule has 0 saturated carbocycles. The van der Waals surface area contributed by atoms with Gasteiger partial charge in [0.1, 0.15) is 29.0 Å². The Hall–Kier alpha value is -3.43. The number of nitrogen functional groups attached to an aromatic ring is 1. The molecule has 1 aromatic carbocycles. The lowest BCUT2D eigenvalue weighted by atomic mass is 9.96. The van der Waals surface area contributed by atoms with Crippen molar-refractivity contribution in [1.29, 1.82) is 0 Å². The molecule has 0 spiro atoms. The Morgan fingerprint density at radius 2 is 1.83 bits per heavy atom. The van der Waals surface area contributed by atoms with Gasteiger partial charge in [-0.25, -0.2) is 13.2 Å². The van der Waals surface area contributed by atoms with Gasteiger partial charge < -0.3 is 25.6 Å². The maximum atomic E-state index is 15.9. The van der Waals surface area contributed by atoms with Gasteiger partial charge in [-0.2, -0.15) is 23.1 Å². The van der Waals surface area contributed by atoms with Crippen LogP contribution in [0.5, 0.6) is 6.01 Å². The zero-order valence-electron chi connectivity index (χ0n) is 28.2. The molecule has 268 valence electrons. The molecule has 2 aliphatic heterocycles. The van der Waals surface area contributed by atoms with E-state index in [4.69, 9.17) is 10.5 Å². The third-order valence-electron chi connectivity index (χ3n) is 8.40. The van der Waals surface area contributed by atoms with E-state index in [9.17, 15) is 32.2 Å².